The van der Waals surface area contributed by atoms with Crippen LogP contribution in [0.3, 0.4) is 0 Å². The minimum absolute atomic E-state index is 0.198. The lowest BCUT2D eigenvalue weighted by Gasteiger charge is -2.13. The van der Waals surface area contributed by atoms with Gasteiger partial charge in [-0.25, -0.2) is 4.98 Å². The molecule has 0 spiro atoms. The lowest BCUT2D eigenvalue weighted by Crippen LogP contribution is -2.16. The molecule has 27 heavy (non-hydrogen) atoms. The number of anilines is 1. The number of aromatic nitrogens is 2. The summed E-state index contributed by atoms with van der Waals surface area (Å²) < 4.78 is 13.1. The Bertz CT molecular complexity index is 963. The van der Waals surface area contributed by atoms with Gasteiger partial charge in [-0.1, -0.05) is 13.0 Å². The minimum atomic E-state index is -0.198. The molecule has 1 aromatic carbocycles. The molecule has 1 N–H and O–H groups in total. The van der Waals surface area contributed by atoms with E-state index in [9.17, 15) is 4.79 Å². The Hall–Kier alpha value is -3.02. The first-order chi connectivity index (χ1) is 13.1. The number of carbonyl (C=O) groups is 1. The van der Waals surface area contributed by atoms with Gasteiger partial charge >= 0.3 is 0 Å². The Morgan fingerprint density at radius 3 is 2.52 bits per heavy atom. The van der Waals surface area contributed by atoms with Crippen LogP contribution in [0.2, 0.25) is 0 Å². The molecule has 0 fully saturated rings. The van der Waals surface area contributed by atoms with Crippen molar-refractivity contribution >= 4 is 17.2 Å². The van der Waals surface area contributed by atoms with Crippen LogP contribution < -0.4 is 14.8 Å². The monoisotopic (exact) mass is 367 g/mol. The summed E-state index contributed by atoms with van der Waals surface area (Å²) in [6.45, 7) is 8.89. The fourth-order valence-corrected chi connectivity index (χ4v) is 3.01. The summed E-state index contributed by atoms with van der Waals surface area (Å²) in [5.74, 6) is 1.08. The summed E-state index contributed by atoms with van der Waals surface area (Å²) in [6, 6.07) is 9.32. The number of fused-ring (bicyclic) bond motifs is 1. The number of aryl methyl sites for hydroxylation is 2. The van der Waals surface area contributed by atoms with Gasteiger partial charge in [-0.3, -0.25) is 9.20 Å². The van der Waals surface area contributed by atoms with Gasteiger partial charge < -0.3 is 14.8 Å². The fourth-order valence-electron chi connectivity index (χ4n) is 3.01. The number of amides is 1. The van der Waals surface area contributed by atoms with Gasteiger partial charge in [0.25, 0.3) is 5.91 Å². The largest absolute Gasteiger partial charge is 0.490 e. The number of ether oxygens (including phenoxy) is 2. The third kappa shape index (κ3) is 3.89. The van der Waals surface area contributed by atoms with Gasteiger partial charge in [0.1, 0.15) is 11.3 Å². The number of hydrogen-bond donors (Lipinski definition) is 1. The number of nitrogens with one attached hydrogen (secondary N) is 1. The van der Waals surface area contributed by atoms with Gasteiger partial charge in [0.2, 0.25) is 0 Å². The van der Waals surface area contributed by atoms with E-state index in [0.29, 0.717) is 42.5 Å². The SMILES string of the molecule is CCOc1ccc(NC(=O)c2c(CC)nc3ccc(C)cn23)cc1OCC. The number of carbonyl (C=O) groups excluding carboxylic acids is 1. The molecule has 0 aliphatic rings. The number of hydrogen-bond acceptors (Lipinski definition) is 4. The van der Waals surface area contributed by atoms with E-state index in [2.05, 4.69) is 10.3 Å². The smallest absolute Gasteiger partial charge is 0.274 e. The Balaban J connectivity index is 1.95. The Morgan fingerprint density at radius 1 is 1.07 bits per heavy atom. The maximum Gasteiger partial charge on any atom is 0.274 e. The summed E-state index contributed by atoms with van der Waals surface area (Å²) in [5, 5.41) is 2.96. The predicted molar refractivity (Wildman–Crippen MR) is 106 cm³/mol. The number of nitrogens with zero attached hydrogens (tertiary/aromatic N) is 2. The standard InChI is InChI=1S/C21H25N3O3/c1-5-16-20(24-13-14(4)8-11-19(24)23-16)21(25)22-15-9-10-17(26-6-2)18(12-15)27-7-3/h8-13H,5-7H2,1-4H3,(H,22,25). The molecule has 1 amide bonds. The highest BCUT2D eigenvalue weighted by molar-refractivity contribution is 6.04. The Kier molecular flexibility index (Phi) is 5.64. The highest BCUT2D eigenvalue weighted by Crippen LogP contribution is 2.31. The maximum absolute atomic E-state index is 13.0. The van der Waals surface area contributed by atoms with E-state index in [1.165, 1.54) is 0 Å². The number of pyridine rings is 1. The second-order valence-corrected chi connectivity index (χ2v) is 6.18. The Morgan fingerprint density at radius 2 is 1.81 bits per heavy atom. The highest BCUT2D eigenvalue weighted by Gasteiger charge is 2.19. The van der Waals surface area contributed by atoms with Crippen LogP contribution >= 0.6 is 0 Å². The van der Waals surface area contributed by atoms with Crippen molar-refractivity contribution in [3.63, 3.8) is 0 Å². The van der Waals surface area contributed by atoms with Crippen LogP contribution in [0, 0.1) is 6.92 Å². The first-order valence-electron chi connectivity index (χ1n) is 9.25. The summed E-state index contributed by atoms with van der Waals surface area (Å²) in [5.41, 5.74) is 3.81. The molecular weight excluding hydrogens is 342 g/mol. The zero-order chi connectivity index (χ0) is 19.4. The molecule has 0 unspecified atom stereocenters. The molecule has 0 bridgehead atoms. The summed E-state index contributed by atoms with van der Waals surface area (Å²) in [6.07, 6.45) is 2.61. The van der Waals surface area contributed by atoms with Crippen LogP contribution in [0.4, 0.5) is 5.69 Å². The van der Waals surface area contributed by atoms with Crippen LogP contribution in [-0.2, 0) is 6.42 Å². The van der Waals surface area contributed by atoms with E-state index in [-0.39, 0.29) is 5.91 Å². The van der Waals surface area contributed by atoms with Gasteiger partial charge in [-0.05, 0) is 51.0 Å². The van der Waals surface area contributed by atoms with E-state index in [1.54, 1.807) is 6.07 Å². The predicted octanol–water partition coefficient (Wildman–Crippen LogP) is 4.25. The van der Waals surface area contributed by atoms with Crippen molar-refractivity contribution in [2.75, 3.05) is 18.5 Å². The summed E-state index contributed by atoms with van der Waals surface area (Å²) >= 11 is 0. The quantitative estimate of drug-likeness (QED) is 0.678. The third-order valence-electron chi connectivity index (χ3n) is 4.19. The van der Waals surface area contributed by atoms with Gasteiger partial charge in [0.05, 0.1) is 18.9 Å². The topological polar surface area (TPSA) is 64.9 Å². The van der Waals surface area contributed by atoms with Crippen molar-refractivity contribution in [1.82, 2.24) is 9.38 Å². The molecule has 0 saturated heterocycles. The Labute approximate surface area is 159 Å². The van der Waals surface area contributed by atoms with Crippen molar-refractivity contribution < 1.29 is 14.3 Å². The van der Waals surface area contributed by atoms with Crippen molar-refractivity contribution in [2.24, 2.45) is 0 Å². The van der Waals surface area contributed by atoms with Crippen LogP contribution in [0.25, 0.3) is 5.65 Å². The molecule has 142 valence electrons. The molecule has 6 heteroatoms. The van der Waals surface area contributed by atoms with Crippen molar-refractivity contribution in [2.45, 2.75) is 34.1 Å². The van der Waals surface area contributed by atoms with Gasteiger partial charge in [0, 0.05) is 18.0 Å². The summed E-state index contributed by atoms with van der Waals surface area (Å²) in [7, 11) is 0. The fraction of sp³-hybridized carbons (Fsp3) is 0.333. The van der Waals surface area contributed by atoms with Crippen LogP contribution in [-0.4, -0.2) is 28.5 Å². The minimum Gasteiger partial charge on any atom is -0.490 e. The van der Waals surface area contributed by atoms with Crippen molar-refractivity contribution in [3.05, 3.63) is 53.5 Å². The second-order valence-electron chi connectivity index (χ2n) is 6.18. The third-order valence-corrected chi connectivity index (χ3v) is 4.19. The van der Waals surface area contributed by atoms with Crippen molar-refractivity contribution in [3.8, 4) is 11.5 Å². The average molecular weight is 367 g/mol. The summed E-state index contributed by atoms with van der Waals surface area (Å²) in [4.78, 5) is 17.6. The van der Waals surface area contributed by atoms with Crippen LogP contribution in [0.1, 0.15) is 42.5 Å². The van der Waals surface area contributed by atoms with Gasteiger partial charge in [-0.15, -0.1) is 0 Å². The molecule has 0 aliphatic heterocycles. The first kappa shape index (κ1) is 18.8. The van der Waals surface area contributed by atoms with Gasteiger partial charge in [0.15, 0.2) is 11.5 Å². The van der Waals surface area contributed by atoms with Crippen LogP contribution in [0.5, 0.6) is 11.5 Å². The van der Waals surface area contributed by atoms with Crippen molar-refractivity contribution in [1.29, 1.82) is 0 Å². The molecule has 0 aliphatic carbocycles. The number of benzene rings is 1. The first-order valence-corrected chi connectivity index (χ1v) is 9.25. The molecule has 2 heterocycles. The lowest BCUT2D eigenvalue weighted by atomic mass is 10.2. The van der Waals surface area contributed by atoms with E-state index in [4.69, 9.17) is 9.47 Å². The lowest BCUT2D eigenvalue weighted by molar-refractivity contribution is 0.102. The molecule has 0 radical (unpaired) electrons. The van der Waals surface area contributed by atoms with E-state index in [0.717, 1.165) is 16.9 Å². The molecule has 0 atom stereocenters. The highest BCUT2D eigenvalue weighted by atomic mass is 16.5. The zero-order valence-corrected chi connectivity index (χ0v) is 16.2. The van der Waals surface area contributed by atoms with Crippen LogP contribution in [0.15, 0.2) is 36.5 Å². The molecule has 6 nitrogen and oxygen atoms in total. The zero-order valence-electron chi connectivity index (χ0n) is 16.2. The molecule has 0 saturated carbocycles. The second kappa shape index (κ2) is 8.12. The number of rotatable bonds is 7. The molecule has 3 rings (SSSR count). The molecule has 2 aromatic heterocycles. The average Bonchev–Trinajstić information content (AvgIpc) is 3.02. The van der Waals surface area contributed by atoms with E-state index >= 15 is 0 Å². The maximum atomic E-state index is 13.0. The molecular formula is C21H25N3O3. The van der Waals surface area contributed by atoms with Gasteiger partial charge in [-0.2, -0.15) is 0 Å². The van der Waals surface area contributed by atoms with E-state index < -0.39 is 0 Å². The normalized spacial score (nSPS) is 10.8. The molecule has 3 aromatic rings. The van der Waals surface area contributed by atoms with E-state index in [1.807, 2.05) is 62.6 Å². The number of imidazole rings is 1.